The number of rotatable bonds is 5. The highest BCUT2D eigenvalue weighted by Crippen LogP contribution is 2.30. The molecule has 0 aliphatic heterocycles. The van der Waals surface area contributed by atoms with Crippen LogP contribution >= 0.6 is 0 Å². The van der Waals surface area contributed by atoms with Crippen molar-refractivity contribution in [3.63, 3.8) is 0 Å². The minimum atomic E-state index is -3.54. The fourth-order valence-electron chi connectivity index (χ4n) is 1.35. The molecule has 1 aromatic heterocycles. The number of nitrogens with zero attached hydrogens (tertiary/aromatic N) is 2. The number of aromatic carboxylic acids is 1. The molecule has 0 amide bonds. The minimum absolute atomic E-state index is 0.00261. The van der Waals surface area contributed by atoms with E-state index in [1.54, 1.807) is 0 Å². The van der Waals surface area contributed by atoms with Crippen molar-refractivity contribution in [3.8, 4) is 0 Å². The first-order valence-electron chi connectivity index (χ1n) is 5.03. The van der Waals surface area contributed by atoms with Gasteiger partial charge in [0.05, 0.1) is 5.75 Å². The third-order valence-corrected chi connectivity index (χ3v) is 3.72. The smallest absolute Gasteiger partial charge is 0.358 e. The average Bonchev–Trinajstić information content (AvgIpc) is 3.00. The van der Waals surface area contributed by atoms with Crippen molar-refractivity contribution in [2.45, 2.75) is 12.8 Å². The van der Waals surface area contributed by atoms with E-state index in [1.165, 1.54) is 12.4 Å². The Morgan fingerprint density at radius 1 is 1.41 bits per heavy atom. The first kappa shape index (κ1) is 11.8. The number of nitrogens with one attached hydrogen (secondary N) is 1. The van der Waals surface area contributed by atoms with Crippen LogP contribution in [0.2, 0.25) is 0 Å². The van der Waals surface area contributed by atoms with Crippen LogP contribution in [-0.4, -0.2) is 35.2 Å². The van der Waals surface area contributed by atoms with Gasteiger partial charge in [0.15, 0.2) is 11.5 Å². The molecule has 1 aliphatic carbocycles. The molecule has 1 aliphatic rings. The molecule has 92 valence electrons. The highest BCUT2D eigenvalue weighted by Gasteiger charge is 2.29. The molecule has 0 unspecified atom stereocenters. The van der Waals surface area contributed by atoms with Crippen LogP contribution in [0.1, 0.15) is 23.3 Å². The zero-order valence-electron chi connectivity index (χ0n) is 8.83. The van der Waals surface area contributed by atoms with Gasteiger partial charge in [-0.25, -0.2) is 23.2 Å². The molecular formula is C9H11N3O4S. The second kappa shape index (κ2) is 4.28. The lowest BCUT2D eigenvalue weighted by atomic mass is 10.4. The minimum Gasteiger partial charge on any atom is -0.476 e. The third-order valence-electron chi connectivity index (χ3n) is 2.31. The molecule has 1 heterocycles. The number of carbonyl (C=O) groups is 1. The van der Waals surface area contributed by atoms with Crippen LogP contribution in [-0.2, 0) is 10.0 Å². The van der Waals surface area contributed by atoms with Crippen molar-refractivity contribution in [2.24, 2.45) is 5.92 Å². The average molecular weight is 257 g/mol. The lowest BCUT2D eigenvalue weighted by molar-refractivity contribution is 0.0691. The fraction of sp³-hybridized carbons (Fsp3) is 0.444. The first-order valence-corrected chi connectivity index (χ1v) is 6.68. The Bertz CT molecular complexity index is 539. The largest absolute Gasteiger partial charge is 0.476 e. The van der Waals surface area contributed by atoms with E-state index in [4.69, 9.17) is 5.11 Å². The van der Waals surface area contributed by atoms with Gasteiger partial charge in [0, 0.05) is 12.4 Å². The van der Waals surface area contributed by atoms with E-state index in [-0.39, 0.29) is 17.5 Å². The molecule has 1 fully saturated rings. The van der Waals surface area contributed by atoms with Gasteiger partial charge in [-0.15, -0.1) is 0 Å². The normalized spacial score (nSPS) is 15.5. The summed E-state index contributed by atoms with van der Waals surface area (Å²) in [7, 11) is -3.54. The maximum Gasteiger partial charge on any atom is 0.358 e. The van der Waals surface area contributed by atoms with Crippen LogP contribution in [0.5, 0.6) is 0 Å². The quantitative estimate of drug-likeness (QED) is 0.786. The van der Waals surface area contributed by atoms with E-state index in [0.717, 1.165) is 12.8 Å². The molecule has 0 saturated heterocycles. The molecule has 0 atom stereocenters. The zero-order chi connectivity index (χ0) is 12.5. The van der Waals surface area contributed by atoms with E-state index in [0.29, 0.717) is 0 Å². The van der Waals surface area contributed by atoms with Crippen molar-refractivity contribution in [1.82, 2.24) is 9.97 Å². The molecule has 0 aromatic carbocycles. The highest BCUT2D eigenvalue weighted by molar-refractivity contribution is 7.92. The Morgan fingerprint density at radius 3 is 2.65 bits per heavy atom. The Hall–Kier alpha value is -1.70. The number of sulfonamides is 1. The summed E-state index contributed by atoms with van der Waals surface area (Å²) in [6.07, 6.45) is 4.23. The van der Waals surface area contributed by atoms with Crippen molar-refractivity contribution >= 4 is 21.8 Å². The number of hydrogen-bond acceptors (Lipinski definition) is 5. The fourth-order valence-corrected chi connectivity index (χ4v) is 2.83. The maximum absolute atomic E-state index is 11.7. The lowest BCUT2D eigenvalue weighted by Gasteiger charge is -2.07. The van der Waals surface area contributed by atoms with Crippen LogP contribution in [0.15, 0.2) is 12.4 Å². The lowest BCUT2D eigenvalue weighted by Crippen LogP contribution is -2.21. The summed E-state index contributed by atoms with van der Waals surface area (Å²) in [5.74, 6) is -1.37. The van der Waals surface area contributed by atoms with Gasteiger partial charge in [0.2, 0.25) is 10.0 Å². The van der Waals surface area contributed by atoms with Gasteiger partial charge in [0.1, 0.15) is 0 Å². The summed E-state index contributed by atoms with van der Waals surface area (Å²) in [5.41, 5.74) is -0.396. The Balaban J connectivity index is 2.20. The van der Waals surface area contributed by atoms with Crippen molar-refractivity contribution in [1.29, 1.82) is 0 Å². The van der Waals surface area contributed by atoms with E-state index >= 15 is 0 Å². The number of hydrogen-bond donors (Lipinski definition) is 2. The topological polar surface area (TPSA) is 109 Å². The van der Waals surface area contributed by atoms with Gasteiger partial charge in [-0.2, -0.15) is 0 Å². The first-order chi connectivity index (χ1) is 7.98. The number of aromatic nitrogens is 2. The zero-order valence-corrected chi connectivity index (χ0v) is 9.64. The summed E-state index contributed by atoms with van der Waals surface area (Å²) in [4.78, 5) is 18.1. The Labute approximate surface area is 98.0 Å². The van der Waals surface area contributed by atoms with Crippen molar-refractivity contribution < 1.29 is 18.3 Å². The molecule has 1 saturated carbocycles. The molecule has 8 heteroatoms. The van der Waals surface area contributed by atoms with Gasteiger partial charge in [-0.05, 0) is 18.8 Å². The van der Waals surface area contributed by atoms with E-state index < -0.39 is 21.7 Å². The summed E-state index contributed by atoms with van der Waals surface area (Å²) >= 11 is 0. The van der Waals surface area contributed by atoms with Gasteiger partial charge >= 0.3 is 5.97 Å². The molecule has 0 bridgehead atoms. The standard InChI is InChI=1S/C9H11N3O4S/c13-9(14)7-8(11-4-3-10-7)12-17(15,16)5-6-1-2-6/h3-4,6H,1-2,5H2,(H,11,12)(H,13,14). The van der Waals surface area contributed by atoms with Gasteiger partial charge < -0.3 is 5.11 Å². The second-order valence-corrected chi connectivity index (χ2v) is 5.65. The molecule has 0 radical (unpaired) electrons. The van der Waals surface area contributed by atoms with E-state index in [9.17, 15) is 13.2 Å². The molecule has 7 nitrogen and oxygen atoms in total. The monoisotopic (exact) mass is 257 g/mol. The number of anilines is 1. The maximum atomic E-state index is 11.7. The van der Waals surface area contributed by atoms with Gasteiger partial charge in [-0.1, -0.05) is 0 Å². The van der Waals surface area contributed by atoms with Crippen LogP contribution in [0, 0.1) is 5.92 Å². The van der Waals surface area contributed by atoms with E-state index in [1.807, 2.05) is 0 Å². The van der Waals surface area contributed by atoms with Crippen LogP contribution in [0.3, 0.4) is 0 Å². The van der Waals surface area contributed by atoms with Gasteiger partial charge in [-0.3, -0.25) is 4.72 Å². The van der Waals surface area contributed by atoms with Crippen LogP contribution in [0.4, 0.5) is 5.82 Å². The van der Waals surface area contributed by atoms with Gasteiger partial charge in [0.25, 0.3) is 0 Å². The molecule has 1 aromatic rings. The number of carboxylic acids is 1. The molecular weight excluding hydrogens is 246 g/mol. The SMILES string of the molecule is O=C(O)c1nccnc1NS(=O)(=O)CC1CC1. The van der Waals surface area contributed by atoms with Crippen LogP contribution < -0.4 is 4.72 Å². The molecule has 17 heavy (non-hydrogen) atoms. The highest BCUT2D eigenvalue weighted by atomic mass is 32.2. The van der Waals surface area contributed by atoms with Crippen LogP contribution in [0.25, 0.3) is 0 Å². The predicted molar refractivity (Wildman–Crippen MR) is 59.1 cm³/mol. The summed E-state index contributed by atoms with van der Waals surface area (Å²) in [6, 6.07) is 0. The molecule has 2 N–H and O–H groups in total. The predicted octanol–water partition coefficient (Wildman–Crippen LogP) is 0.326. The van der Waals surface area contributed by atoms with E-state index in [2.05, 4.69) is 14.7 Å². The summed E-state index contributed by atoms with van der Waals surface area (Å²) < 4.78 is 25.5. The third kappa shape index (κ3) is 3.13. The Morgan fingerprint density at radius 2 is 2.06 bits per heavy atom. The Kier molecular flexibility index (Phi) is 2.97. The molecule has 0 spiro atoms. The van der Waals surface area contributed by atoms with Crippen molar-refractivity contribution in [2.75, 3.05) is 10.5 Å². The van der Waals surface area contributed by atoms with Crippen molar-refractivity contribution in [3.05, 3.63) is 18.1 Å². The second-order valence-electron chi connectivity index (χ2n) is 3.89. The molecule has 2 rings (SSSR count). The number of carboxylic acid groups (broad SMARTS) is 1. The summed E-state index contributed by atoms with van der Waals surface area (Å²) in [5, 5.41) is 8.82. The summed E-state index contributed by atoms with van der Waals surface area (Å²) in [6.45, 7) is 0.